The Kier molecular flexibility index (Phi) is 4.86. The van der Waals surface area contributed by atoms with Gasteiger partial charge in [0.2, 0.25) is 5.91 Å². The molecule has 0 unspecified atom stereocenters. The van der Waals surface area contributed by atoms with Crippen molar-refractivity contribution in [2.75, 3.05) is 0 Å². The van der Waals surface area contributed by atoms with E-state index >= 15 is 0 Å². The second kappa shape index (κ2) is 6.41. The zero-order valence-corrected chi connectivity index (χ0v) is 9.30. The number of aliphatic carboxylic acids is 1. The maximum atomic E-state index is 11.3. The van der Waals surface area contributed by atoms with Crippen LogP contribution in [0.3, 0.4) is 0 Å². The minimum absolute atomic E-state index is 0.0994. The van der Waals surface area contributed by atoms with Crippen LogP contribution in [-0.2, 0) is 22.7 Å². The summed E-state index contributed by atoms with van der Waals surface area (Å²) < 4.78 is 1.20. The van der Waals surface area contributed by atoms with E-state index in [2.05, 4.69) is 22.2 Å². The molecule has 92 valence electrons. The van der Waals surface area contributed by atoms with Crippen molar-refractivity contribution in [3.8, 4) is 0 Å². The van der Waals surface area contributed by atoms with Gasteiger partial charge < -0.3 is 10.4 Å². The number of amides is 1. The van der Waals surface area contributed by atoms with Gasteiger partial charge in [0.1, 0.15) is 12.2 Å². The highest BCUT2D eigenvalue weighted by Gasteiger charge is 2.05. The molecule has 2 N–H and O–H groups in total. The molecule has 0 saturated heterocycles. The number of aromatic nitrogens is 3. The van der Waals surface area contributed by atoms with E-state index in [1.54, 1.807) is 6.08 Å². The van der Waals surface area contributed by atoms with E-state index in [9.17, 15) is 9.59 Å². The highest BCUT2D eigenvalue weighted by Crippen LogP contribution is 1.94. The van der Waals surface area contributed by atoms with Gasteiger partial charge in [-0.3, -0.25) is 9.59 Å². The van der Waals surface area contributed by atoms with Crippen LogP contribution in [0.1, 0.15) is 18.5 Å². The van der Waals surface area contributed by atoms with Crippen molar-refractivity contribution >= 4 is 11.9 Å². The molecule has 17 heavy (non-hydrogen) atoms. The largest absolute Gasteiger partial charge is 0.480 e. The van der Waals surface area contributed by atoms with Crippen LogP contribution in [0.25, 0.3) is 0 Å². The molecule has 1 aromatic heterocycles. The van der Waals surface area contributed by atoms with Crippen LogP contribution < -0.4 is 5.32 Å². The minimum atomic E-state index is -0.989. The van der Waals surface area contributed by atoms with Gasteiger partial charge in [-0.1, -0.05) is 11.3 Å². The van der Waals surface area contributed by atoms with E-state index in [1.165, 1.54) is 10.9 Å². The third kappa shape index (κ3) is 4.92. The average molecular weight is 238 g/mol. The molecule has 1 amide bonds. The van der Waals surface area contributed by atoms with Crippen LogP contribution in [0.5, 0.6) is 0 Å². The van der Waals surface area contributed by atoms with Crippen LogP contribution in [0.4, 0.5) is 0 Å². The summed E-state index contributed by atoms with van der Waals surface area (Å²) in [6.45, 7) is 3.53. The van der Waals surface area contributed by atoms with Crippen LogP contribution in [-0.4, -0.2) is 32.0 Å². The highest BCUT2D eigenvalue weighted by molar-refractivity contribution is 5.75. The lowest BCUT2D eigenvalue weighted by Gasteiger charge is -2.00. The van der Waals surface area contributed by atoms with E-state index in [4.69, 9.17) is 5.11 Å². The fourth-order valence-corrected chi connectivity index (χ4v) is 1.15. The van der Waals surface area contributed by atoms with Gasteiger partial charge in [-0.15, -0.1) is 11.7 Å². The Labute approximate surface area is 98.1 Å². The molecule has 0 spiro atoms. The van der Waals surface area contributed by atoms with Gasteiger partial charge in [-0.25, -0.2) is 4.68 Å². The molecule has 0 aliphatic heterocycles. The quantitative estimate of drug-likeness (QED) is 0.649. The summed E-state index contributed by atoms with van der Waals surface area (Å²) in [4.78, 5) is 21.6. The normalized spacial score (nSPS) is 9.88. The zero-order valence-electron chi connectivity index (χ0n) is 9.30. The topological polar surface area (TPSA) is 97.1 Å². The Balaban J connectivity index is 2.36. The lowest BCUT2D eigenvalue weighted by atomic mass is 10.3. The number of hydrogen-bond donors (Lipinski definition) is 2. The number of rotatable bonds is 7. The first kappa shape index (κ1) is 12.9. The number of carbonyl (C=O) groups is 2. The van der Waals surface area contributed by atoms with Crippen molar-refractivity contribution in [1.82, 2.24) is 20.3 Å². The molecule has 0 atom stereocenters. The van der Waals surface area contributed by atoms with Gasteiger partial charge >= 0.3 is 5.97 Å². The van der Waals surface area contributed by atoms with Gasteiger partial charge in [-0.2, -0.15) is 0 Å². The third-order valence-corrected chi connectivity index (χ3v) is 1.93. The van der Waals surface area contributed by atoms with E-state index < -0.39 is 5.97 Å². The number of carboxylic acids is 1. The third-order valence-electron chi connectivity index (χ3n) is 1.93. The summed E-state index contributed by atoms with van der Waals surface area (Å²) in [5.41, 5.74) is 0.526. The van der Waals surface area contributed by atoms with Crippen LogP contribution in [0.15, 0.2) is 18.9 Å². The van der Waals surface area contributed by atoms with E-state index in [0.29, 0.717) is 18.5 Å². The van der Waals surface area contributed by atoms with Crippen LogP contribution in [0.2, 0.25) is 0 Å². The number of nitrogens with one attached hydrogen (secondary N) is 1. The van der Waals surface area contributed by atoms with E-state index in [-0.39, 0.29) is 19.0 Å². The van der Waals surface area contributed by atoms with Gasteiger partial charge in [0.05, 0.1) is 12.7 Å². The Morgan fingerprint density at radius 2 is 2.35 bits per heavy atom. The van der Waals surface area contributed by atoms with Crippen molar-refractivity contribution in [1.29, 1.82) is 0 Å². The molecule has 7 nitrogen and oxygen atoms in total. The molecular formula is C10H14N4O3. The summed E-state index contributed by atoms with van der Waals surface area (Å²) in [5, 5.41) is 18.5. The Hall–Kier alpha value is -2.18. The Bertz CT molecular complexity index is 413. The highest BCUT2D eigenvalue weighted by atomic mass is 16.4. The molecule has 0 saturated carbocycles. The first-order valence-electron chi connectivity index (χ1n) is 5.10. The summed E-state index contributed by atoms with van der Waals surface area (Å²) in [5.74, 6) is -1.09. The van der Waals surface area contributed by atoms with Crippen molar-refractivity contribution in [3.63, 3.8) is 0 Å². The van der Waals surface area contributed by atoms with E-state index in [1.807, 2.05) is 0 Å². The predicted molar refractivity (Wildman–Crippen MR) is 58.9 cm³/mol. The maximum absolute atomic E-state index is 11.3. The average Bonchev–Trinajstić information content (AvgIpc) is 2.70. The number of allylic oxidation sites excluding steroid dienone is 1. The number of nitrogens with zero attached hydrogens (tertiary/aromatic N) is 3. The molecule has 0 radical (unpaired) electrons. The summed E-state index contributed by atoms with van der Waals surface area (Å²) in [6.07, 6.45) is 4.16. The first-order chi connectivity index (χ1) is 8.11. The van der Waals surface area contributed by atoms with Crippen molar-refractivity contribution in [3.05, 3.63) is 24.5 Å². The molecule has 0 fully saturated rings. The Morgan fingerprint density at radius 3 is 3.00 bits per heavy atom. The van der Waals surface area contributed by atoms with Gasteiger partial charge in [-0.05, 0) is 6.42 Å². The summed E-state index contributed by atoms with van der Waals surface area (Å²) >= 11 is 0. The minimum Gasteiger partial charge on any atom is -0.480 e. The second-order valence-corrected chi connectivity index (χ2v) is 3.41. The summed E-state index contributed by atoms with van der Waals surface area (Å²) in [7, 11) is 0. The summed E-state index contributed by atoms with van der Waals surface area (Å²) in [6, 6.07) is 0. The van der Waals surface area contributed by atoms with Crippen molar-refractivity contribution in [2.45, 2.75) is 25.9 Å². The molecule has 0 aromatic carbocycles. The second-order valence-electron chi connectivity index (χ2n) is 3.41. The standard InChI is InChI=1S/C10H14N4O3/c1-2-3-4-9(15)11-5-8-6-14(13-12-8)7-10(16)17/h2,6H,1,3-5,7H2,(H,11,15)(H,16,17). The number of carbonyl (C=O) groups excluding carboxylic acids is 1. The van der Waals surface area contributed by atoms with Gasteiger partial charge in [0.25, 0.3) is 0 Å². The maximum Gasteiger partial charge on any atom is 0.325 e. The molecule has 1 aromatic rings. The number of carboxylic acid groups (broad SMARTS) is 1. The van der Waals surface area contributed by atoms with Crippen molar-refractivity contribution in [2.24, 2.45) is 0 Å². The first-order valence-corrected chi connectivity index (χ1v) is 5.10. The van der Waals surface area contributed by atoms with Crippen molar-refractivity contribution < 1.29 is 14.7 Å². The van der Waals surface area contributed by atoms with Crippen LogP contribution >= 0.6 is 0 Å². The molecule has 7 heteroatoms. The molecular weight excluding hydrogens is 224 g/mol. The molecule has 0 aliphatic rings. The number of hydrogen-bond acceptors (Lipinski definition) is 4. The smallest absolute Gasteiger partial charge is 0.325 e. The van der Waals surface area contributed by atoms with Gasteiger partial charge in [0.15, 0.2) is 0 Å². The zero-order chi connectivity index (χ0) is 12.7. The molecule has 1 heterocycles. The monoisotopic (exact) mass is 238 g/mol. The predicted octanol–water partition coefficient (Wildman–Crippen LogP) is -0.0549. The SMILES string of the molecule is C=CCCC(=O)NCc1cn(CC(=O)O)nn1. The van der Waals surface area contributed by atoms with Crippen LogP contribution in [0, 0.1) is 0 Å². The lowest BCUT2D eigenvalue weighted by Crippen LogP contribution is -2.22. The molecule has 0 bridgehead atoms. The lowest BCUT2D eigenvalue weighted by molar-refractivity contribution is -0.138. The van der Waals surface area contributed by atoms with E-state index in [0.717, 1.165) is 0 Å². The fourth-order valence-electron chi connectivity index (χ4n) is 1.15. The Morgan fingerprint density at radius 1 is 1.59 bits per heavy atom. The molecule has 0 aliphatic carbocycles. The van der Waals surface area contributed by atoms with Gasteiger partial charge in [0, 0.05) is 6.42 Å². The fraction of sp³-hybridized carbons (Fsp3) is 0.400. The molecule has 1 rings (SSSR count).